The Hall–Kier alpha value is -1.79. The maximum absolute atomic E-state index is 10.5. The van der Waals surface area contributed by atoms with Crippen LogP contribution < -0.4 is 10.6 Å². The summed E-state index contributed by atoms with van der Waals surface area (Å²) in [6.45, 7) is 6.77. The lowest BCUT2D eigenvalue weighted by molar-refractivity contribution is 0.0437. The van der Waals surface area contributed by atoms with Crippen molar-refractivity contribution < 1.29 is 9.52 Å². The highest BCUT2D eigenvalue weighted by Gasteiger charge is 2.26. The molecule has 0 aliphatic rings. The molecule has 5 nitrogen and oxygen atoms in total. The largest absolute Gasteiger partial charge is 0.466 e. The highest BCUT2D eigenvalue weighted by molar-refractivity contribution is 7.10. The lowest BCUT2D eigenvalue weighted by atomic mass is 10.0. The van der Waals surface area contributed by atoms with Crippen LogP contribution in [0.4, 0.5) is 0 Å². The minimum Gasteiger partial charge on any atom is -0.466 e. The highest BCUT2D eigenvalue weighted by atomic mass is 32.1. The van der Waals surface area contributed by atoms with Gasteiger partial charge in [-0.1, -0.05) is 6.07 Å². The van der Waals surface area contributed by atoms with Gasteiger partial charge < -0.3 is 20.2 Å². The van der Waals surface area contributed by atoms with E-state index in [-0.39, 0.29) is 12.6 Å². The molecule has 2 unspecified atom stereocenters. The third-order valence-electron chi connectivity index (χ3n) is 3.26. The summed E-state index contributed by atoms with van der Waals surface area (Å²) in [5.74, 6) is 1.19. The normalized spacial score (nSPS) is 16.1. The first kappa shape index (κ1) is 16.6. The molecule has 3 N–H and O–H groups in total. The molecular formula is C16H23N3O2S. The molecule has 0 spiro atoms. The first-order chi connectivity index (χ1) is 10.5. The first-order valence-electron chi connectivity index (χ1n) is 7.37. The van der Waals surface area contributed by atoms with Gasteiger partial charge in [0, 0.05) is 11.4 Å². The number of hydrogen-bond acceptors (Lipinski definition) is 4. The maximum Gasteiger partial charge on any atom is 0.191 e. The van der Waals surface area contributed by atoms with Gasteiger partial charge in [-0.05, 0) is 44.4 Å². The standard InChI is InChI=1S/C16H23N3O2S/c1-4-17-15(19-12(2)13-7-6-10-22-13)18-11-16(3,20)14-8-5-9-21-14/h5-10,12,20H,4,11H2,1-3H3,(H2,17,18,19). The first-order valence-corrected chi connectivity index (χ1v) is 8.25. The zero-order valence-electron chi connectivity index (χ0n) is 13.2. The Morgan fingerprint density at radius 1 is 1.45 bits per heavy atom. The molecule has 0 aliphatic heterocycles. The predicted octanol–water partition coefficient (Wildman–Crippen LogP) is 2.86. The van der Waals surface area contributed by atoms with E-state index < -0.39 is 5.60 Å². The summed E-state index contributed by atoms with van der Waals surface area (Å²) < 4.78 is 5.27. The van der Waals surface area contributed by atoms with Gasteiger partial charge >= 0.3 is 0 Å². The smallest absolute Gasteiger partial charge is 0.191 e. The number of guanidine groups is 1. The van der Waals surface area contributed by atoms with E-state index in [0.29, 0.717) is 11.7 Å². The van der Waals surface area contributed by atoms with Crippen molar-refractivity contribution >= 4 is 17.3 Å². The lowest BCUT2D eigenvalue weighted by Crippen LogP contribution is -2.39. The Kier molecular flexibility index (Phi) is 5.63. The summed E-state index contributed by atoms with van der Waals surface area (Å²) in [5.41, 5.74) is -1.13. The summed E-state index contributed by atoms with van der Waals surface area (Å²) in [6, 6.07) is 7.79. The molecule has 6 heteroatoms. The van der Waals surface area contributed by atoms with Gasteiger partial charge in [0.1, 0.15) is 11.4 Å². The Balaban J connectivity index is 2.03. The van der Waals surface area contributed by atoms with Gasteiger partial charge in [0.25, 0.3) is 0 Å². The second kappa shape index (κ2) is 7.47. The molecule has 0 saturated heterocycles. The molecule has 2 aromatic rings. The van der Waals surface area contributed by atoms with E-state index in [1.54, 1.807) is 36.7 Å². The van der Waals surface area contributed by atoms with E-state index in [4.69, 9.17) is 4.42 Å². The SMILES string of the molecule is CCNC(=NCC(C)(O)c1ccco1)NC(C)c1cccs1. The second-order valence-electron chi connectivity index (χ2n) is 5.33. The zero-order chi connectivity index (χ0) is 16.0. The van der Waals surface area contributed by atoms with Gasteiger partial charge in [-0.2, -0.15) is 0 Å². The van der Waals surface area contributed by atoms with Crippen molar-refractivity contribution in [3.8, 4) is 0 Å². The van der Waals surface area contributed by atoms with E-state index in [0.717, 1.165) is 6.54 Å². The van der Waals surface area contributed by atoms with Gasteiger partial charge in [0.15, 0.2) is 5.96 Å². The Morgan fingerprint density at radius 3 is 2.86 bits per heavy atom. The van der Waals surface area contributed by atoms with Gasteiger partial charge in [0.05, 0.1) is 18.8 Å². The van der Waals surface area contributed by atoms with Crippen molar-refractivity contribution in [3.63, 3.8) is 0 Å². The topological polar surface area (TPSA) is 69.8 Å². The van der Waals surface area contributed by atoms with Crippen LogP contribution in [0.25, 0.3) is 0 Å². The fourth-order valence-electron chi connectivity index (χ4n) is 2.03. The number of thiophene rings is 1. The quantitative estimate of drug-likeness (QED) is 0.565. The van der Waals surface area contributed by atoms with Gasteiger partial charge in [-0.25, -0.2) is 4.99 Å². The fourth-order valence-corrected chi connectivity index (χ4v) is 2.76. The van der Waals surface area contributed by atoms with Crippen LogP contribution in [0.5, 0.6) is 0 Å². The van der Waals surface area contributed by atoms with Crippen molar-refractivity contribution in [1.82, 2.24) is 10.6 Å². The van der Waals surface area contributed by atoms with E-state index in [2.05, 4.69) is 34.0 Å². The van der Waals surface area contributed by atoms with E-state index in [1.807, 2.05) is 13.0 Å². The number of nitrogens with zero attached hydrogens (tertiary/aromatic N) is 1. The molecule has 0 bridgehead atoms. The van der Waals surface area contributed by atoms with E-state index in [1.165, 1.54) is 4.88 Å². The van der Waals surface area contributed by atoms with Crippen LogP contribution in [0.2, 0.25) is 0 Å². The zero-order valence-corrected chi connectivity index (χ0v) is 14.0. The number of aliphatic hydroxyl groups is 1. The lowest BCUT2D eigenvalue weighted by Gasteiger charge is -2.21. The third kappa shape index (κ3) is 4.35. The van der Waals surface area contributed by atoms with Crippen LogP contribution in [-0.4, -0.2) is 24.2 Å². The van der Waals surface area contributed by atoms with E-state index in [9.17, 15) is 5.11 Å². The number of hydrogen-bond donors (Lipinski definition) is 3. The molecule has 0 fully saturated rings. The average molecular weight is 321 g/mol. The predicted molar refractivity (Wildman–Crippen MR) is 90.1 cm³/mol. The van der Waals surface area contributed by atoms with Crippen LogP contribution in [-0.2, 0) is 5.60 Å². The Morgan fingerprint density at radius 2 is 2.27 bits per heavy atom. The monoisotopic (exact) mass is 321 g/mol. The van der Waals surface area contributed by atoms with Crippen molar-refractivity contribution in [3.05, 3.63) is 46.5 Å². The average Bonchev–Trinajstić information content (AvgIpc) is 3.17. The van der Waals surface area contributed by atoms with Crippen LogP contribution >= 0.6 is 11.3 Å². The minimum atomic E-state index is -1.13. The van der Waals surface area contributed by atoms with Crippen LogP contribution in [0, 0.1) is 0 Å². The Bertz CT molecular complexity index is 577. The number of furan rings is 1. The molecule has 0 aliphatic carbocycles. The molecule has 2 heterocycles. The van der Waals surface area contributed by atoms with Gasteiger partial charge in [-0.15, -0.1) is 11.3 Å². The van der Waals surface area contributed by atoms with Gasteiger partial charge in [-0.3, -0.25) is 0 Å². The third-order valence-corrected chi connectivity index (χ3v) is 4.32. The van der Waals surface area contributed by atoms with Crippen molar-refractivity contribution in [2.75, 3.05) is 13.1 Å². The molecule has 0 radical (unpaired) electrons. The van der Waals surface area contributed by atoms with E-state index >= 15 is 0 Å². The highest BCUT2D eigenvalue weighted by Crippen LogP contribution is 2.21. The number of aliphatic imine (C=N–C) groups is 1. The summed E-state index contributed by atoms with van der Waals surface area (Å²) in [6.07, 6.45) is 1.55. The summed E-state index contributed by atoms with van der Waals surface area (Å²) in [7, 11) is 0. The molecule has 0 amide bonds. The Labute approximate surface area is 135 Å². The molecule has 2 aromatic heterocycles. The van der Waals surface area contributed by atoms with Crippen molar-refractivity contribution in [1.29, 1.82) is 0 Å². The molecule has 0 aromatic carbocycles. The molecule has 2 atom stereocenters. The van der Waals surface area contributed by atoms with Crippen molar-refractivity contribution in [2.45, 2.75) is 32.4 Å². The fraction of sp³-hybridized carbons (Fsp3) is 0.438. The molecule has 2 rings (SSSR count). The van der Waals surface area contributed by atoms with Crippen molar-refractivity contribution in [2.24, 2.45) is 4.99 Å². The summed E-state index contributed by atoms with van der Waals surface area (Å²) in [5, 5.41) is 19.1. The van der Waals surface area contributed by atoms with Gasteiger partial charge in [0.2, 0.25) is 0 Å². The number of nitrogens with one attached hydrogen (secondary N) is 2. The van der Waals surface area contributed by atoms with Crippen LogP contribution in [0.1, 0.15) is 37.5 Å². The van der Waals surface area contributed by atoms with Crippen LogP contribution in [0.3, 0.4) is 0 Å². The van der Waals surface area contributed by atoms with Crippen LogP contribution in [0.15, 0.2) is 45.3 Å². The summed E-state index contributed by atoms with van der Waals surface area (Å²) in [4.78, 5) is 5.72. The minimum absolute atomic E-state index is 0.159. The molecular weight excluding hydrogens is 298 g/mol. The maximum atomic E-state index is 10.5. The number of rotatable bonds is 6. The summed E-state index contributed by atoms with van der Waals surface area (Å²) >= 11 is 1.70. The second-order valence-corrected chi connectivity index (χ2v) is 6.31. The molecule has 0 saturated carbocycles. The molecule has 120 valence electrons. The molecule has 22 heavy (non-hydrogen) atoms.